The van der Waals surface area contributed by atoms with Crippen molar-refractivity contribution in [1.82, 2.24) is 0 Å². The first-order valence-electron chi connectivity index (χ1n) is 7.81. The largest absolute Gasteiger partial charge is 0.459 e. The van der Waals surface area contributed by atoms with Gasteiger partial charge >= 0.3 is 11.9 Å². The lowest BCUT2D eigenvalue weighted by Crippen LogP contribution is -2.39. The van der Waals surface area contributed by atoms with Gasteiger partial charge in [0, 0.05) is 0 Å². The van der Waals surface area contributed by atoms with Gasteiger partial charge in [0.2, 0.25) is 0 Å². The maximum absolute atomic E-state index is 12.1. The zero-order valence-electron chi connectivity index (χ0n) is 13.7. The van der Waals surface area contributed by atoms with Crippen LogP contribution < -0.4 is 0 Å². The van der Waals surface area contributed by atoms with E-state index in [2.05, 4.69) is 20.8 Å². The van der Waals surface area contributed by atoms with Crippen molar-refractivity contribution in [2.75, 3.05) is 0 Å². The second-order valence-corrected chi connectivity index (χ2v) is 6.56. The molecule has 5 nitrogen and oxygen atoms in total. The minimum Gasteiger partial charge on any atom is -0.459 e. The normalized spacial score (nSPS) is 28.8. The number of ether oxygens (including phenoxy) is 2. The summed E-state index contributed by atoms with van der Waals surface area (Å²) in [6.07, 6.45) is 0.720. The number of carbonyl (C=O) groups is 2. The average Bonchev–Trinajstić information content (AvgIpc) is 2.37. The predicted octanol–water partition coefficient (Wildman–Crippen LogP) is 2.30. The van der Waals surface area contributed by atoms with Crippen LogP contribution in [0.15, 0.2) is 0 Å². The van der Waals surface area contributed by atoms with Gasteiger partial charge in [0.15, 0.2) is 6.10 Å². The number of aliphatic hydroxyl groups excluding tert-OH is 1. The summed E-state index contributed by atoms with van der Waals surface area (Å²) in [5, 5.41) is 9.10. The number of hydrogen-bond donors (Lipinski definition) is 1. The van der Waals surface area contributed by atoms with Crippen molar-refractivity contribution in [3.05, 3.63) is 0 Å². The second kappa shape index (κ2) is 7.78. The van der Waals surface area contributed by atoms with E-state index in [-0.39, 0.29) is 6.10 Å². The molecule has 0 spiro atoms. The third-order valence-corrected chi connectivity index (χ3v) is 4.19. The van der Waals surface area contributed by atoms with Crippen LogP contribution in [0.5, 0.6) is 0 Å². The maximum atomic E-state index is 12.1. The first kappa shape index (κ1) is 18.0. The molecule has 1 fully saturated rings. The molecule has 1 aliphatic carbocycles. The average molecular weight is 300 g/mol. The van der Waals surface area contributed by atoms with E-state index in [0.717, 1.165) is 19.3 Å². The molecule has 0 amide bonds. The van der Waals surface area contributed by atoms with Crippen molar-refractivity contribution in [1.29, 1.82) is 0 Å². The highest BCUT2D eigenvalue weighted by molar-refractivity contribution is 5.80. The first-order chi connectivity index (χ1) is 9.72. The minimum absolute atomic E-state index is 0.117. The molecule has 0 aliphatic heterocycles. The van der Waals surface area contributed by atoms with Gasteiger partial charge in [-0.25, -0.2) is 9.59 Å². The SMILES string of the molecule is CC1CCC(C(C)C)C(OC(=O)[C@H](C)OC(=O)[C@H](C)O)C1. The Morgan fingerprint density at radius 1 is 1.10 bits per heavy atom. The third-order valence-electron chi connectivity index (χ3n) is 4.19. The Morgan fingerprint density at radius 2 is 1.71 bits per heavy atom. The van der Waals surface area contributed by atoms with Crippen LogP contribution in [0, 0.1) is 17.8 Å². The molecule has 5 atom stereocenters. The van der Waals surface area contributed by atoms with E-state index in [1.165, 1.54) is 13.8 Å². The molecule has 1 rings (SSSR count). The highest BCUT2D eigenvalue weighted by Gasteiger charge is 2.35. The first-order valence-corrected chi connectivity index (χ1v) is 7.81. The van der Waals surface area contributed by atoms with Crippen molar-refractivity contribution in [3.8, 4) is 0 Å². The maximum Gasteiger partial charge on any atom is 0.347 e. The van der Waals surface area contributed by atoms with E-state index < -0.39 is 24.1 Å². The molecule has 0 aromatic carbocycles. The minimum atomic E-state index is -1.24. The Morgan fingerprint density at radius 3 is 2.24 bits per heavy atom. The standard InChI is InChI=1S/C16H28O5/c1-9(2)13-7-6-10(3)8-14(13)21-16(19)12(5)20-15(18)11(4)17/h9-14,17H,6-8H2,1-5H3/t10?,11-,12-,13?,14?/m0/s1. The molecule has 0 saturated heterocycles. The van der Waals surface area contributed by atoms with Gasteiger partial charge in [0.25, 0.3) is 0 Å². The van der Waals surface area contributed by atoms with Gasteiger partial charge in [0.05, 0.1) is 0 Å². The third kappa shape index (κ3) is 5.30. The molecule has 0 aromatic rings. The highest BCUT2D eigenvalue weighted by Crippen LogP contribution is 2.35. The Balaban J connectivity index is 2.59. The topological polar surface area (TPSA) is 72.8 Å². The number of rotatable bonds is 5. The lowest BCUT2D eigenvalue weighted by Gasteiger charge is -2.37. The summed E-state index contributed by atoms with van der Waals surface area (Å²) in [5.41, 5.74) is 0. The summed E-state index contributed by atoms with van der Waals surface area (Å²) in [7, 11) is 0. The van der Waals surface area contributed by atoms with Gasteiger partial charge in [-0.1, -0.05) is 27.2 Å². The fraction of sp³-hybridized carbons (Fsp3) is 0.875. The van der Waals surface area contributed by atoms with Crippen LogP contribution in [0.3, 0.4) is 0 Å². The quantitative estimate of drug-likeness (QED) is 0.789. The van der Waals surface area contributed by atoms with E-state index in [1.807, 2.05) is 0 Å². The number of carbonyl (C=O) groups excluding carboxylic acids is 2. The van der Waals surface area contributed by atoms with E-state index in [9.17, 15) is 9.59 Å². The van der Waals surface area contributed by atoms with Crippen LogP contribution >= 0.6 is 0 Å². The summed E-state index contributed by atoms with van der Waals surface area (Å²) in [5.74, 6) is -0.00539. The second-order valence-electron chi connectivity index (χ2n) is 6.56. The van der Waals surface area contributed by atoms with Crippen LogP contribution in [0.2, 0.25) is 0 Å². The van der Waals surface area contributed by atoms with E-state index in [4.69, 9.17) is 14.6 Å². The summed E-state index contributed by atoms with van der Waals surface area (Å²) >= 11 is 0. The smallest absolute Gasteiger partial charge is 0.347 e. The molecule has 0 aromatic heterocycles. The molecule has 1 N–H and O–H groups in total. The van der Waals surface area contributed by atoms with Crippen LogP contribution in [-0.4, -0.2) is 35.4 Å². The zero-order chi connectivity index (χ0) is 16.2. The summed E-state index contributed by atoms with van der Waals surface area (Å²) in [6.45, 7) is 9.21. The molecule has 122 valence electrons. The Kier molecular flexibility index (Phi) is 6.65. The Bertz CT molecular complexity index is 364. The molecule has 3 unspecified atom stereocenters. The molecule has 0 radical (unpaired) electrons. The van der Waals surface area contributed by atoms with E-state index >= 15 is 0 Å². The van der Waals surface area contributed by atoms with Crippen molar-refractivity contribution in [2.24, 2.45) is 17.8 Å². The Labute approximate surface area is 127 Å². The molecule has 1 saturated carbocycles. The highest BCUT2D eigenvalue weighted by atomic mass is 16.6. The van der Waals surface area contributed by atoms with Crippen molar-refractivity contribution in [3.63, 3.8) is 0 Å². The van der Waals surface area contributed by atoms with Crippen LogP contribution in [0.4, 0.5) is 0 Å². The Hall–Kier alpha value is -1.10. The van der Waals surface area contributed by atoms with Crippen molar-refractivity contribution in [2.45, 2.75) is 72.2 Å². The summed E-state index contributed by atoms with van der Waals surface area (Å²) in [4.78, 5) is 23.4. The molecule has 5 heteroatoms. The summed E-state index contributed by atoms with van der Waals surface area (Å²) in [6, 6.07) is 0. The van der Waals surface area contributed by atoms with Gasteiger partial charge in [-0.05, 0) is 44.4 Å². The molecule has 0 bridgehead atoms. The van der Waals surface area contributed by atoms with Gasteiger partial charge in [-0.2, -0.15) is 0 Å². The van der Waals surface area contributed by atoms with Crippen LogP contribution in [0.25, 0.3) is 0 Å². The van der Waals surface area contributed by atoms with Gasteiger partial charge in [-0.15, -0.1) is 0 Å². The fourth-order valence-corrected chi connectivity index (χ4v) is 2.82. The number of hydrogen-bond acceptors (Lipinski definition) is 5. The lowest BCUT2D eigenvalue weighted by atomic mass is 9.75. The monoisotopic (exact) mass is 300 g/mol. The van der Waals surface area contributed by atoms with E-state index in [0.29, 0.717) is 17.8 Å². The molecule has 1 aliphatic rings. The van der Waals surface area contributed by atoms with Gasteiger partial charge in [0.1, 0.15) is 12.2 Å². The zero-order valence-corrected chi connectivity index (χ0v) is 13.7. The molecular formula is C16H28O5. The van der Waals surface area contributed by atoms with Crippen LogP contribution in [0.1, 0.15) is 53.9 Å². The van der Waals surface area contributed by atoms with Gasteiger partial charge in [-0.3, -0.25) is 0 Å². The van der Waals surface area contributed by atoms with Gasteiger partial charge < -0.3 is 14.6 Å². The van der Waals surface area contributed by atoms with E-state index in [1.54, 1.807) is 0 Å². The lowest BCUT2D eigenvalue weighted by molar-refractivity contribution is -0.178. The molecule has 21 heavy (non-hydrogen) atoms. The number of esters is 2. The fourth-order valence-electron chi connectivity index (χ4n) is 2.82. The predicted molar refractivity (Wildman–Crippen MR) is 78.5 cm³/mol. The molecular weight excluding hydrogens is 272 g/mol. The summed E-state index contributed by atoms with van der Waals surface area (Å²) < 4.78 is 10.5. The number of aliphatic hydroxyl groups is 1. The van der Waals surface area contributed by atoms with Crippen LogP contribution in [-0.2, 0) is 19.1 Å². The van der Waals surface area contributed by atoms with Crippen molar-refractivity contribution < 1.29 is 24.2 Å². The van der Waals surface area contributed by atoms with Crippen molar-refractivity contribution >= 4 is 11.9 Å². The molecule has 0 heterocycles.